The number of alkyl halides is 3. The smallest absolute Gasteiger partial charge is 0.366 e. The van der Waals surface area contributed by atoms with Crippen molar-refractivity contribution < 1.29 is 13.2 Å². The molecule has 1 aliphatic rings. The lowest BCUT2D eigenvalue weighted by atomic mass is 10.2. The zero-order chi connectivity index (χ0) is 13.2. The summed E-state index contributed by atoms with van der Waals surface area (Å²) in [4.78, 5) is 6.74. The Hall–Kier alpha value is -1.22. The van der Waals surface area contributed by atoms with Gasteiger partial charge in [0.1, 0.15) is 11.6 Å². The van der Waals surface area contributed by atoms with E-state index >= 15 is 0 Å². The van der Waals surface area contributed by atoms with Gasteiger partial charge in [0.15, 0.2) is 0 Å². The molecule has 0 radical (unpaired) electrons. The van der Waals surface area contributed by atoms with Gasteiger partial charge in [0, 0.05) is 17.9 Å². The van der Waals surface area contributed by atoms with Crippen LogP contribution >= 0.6 is 11.8 Å². The van der Waals surface area contributed by atoms with E-state index in [1.165, 1.54) is 6.07 Å². The van der Waals surface area contributed by atoms with Crippen LogP contribution < -0.4 is 16.6 Å². The topological polar surface area (TPSA) is 75.9 Å². The van der Waals surface area contributed by atoms with Gasteiger partial charge in [-0.05, 0) is 12.2 Å². The van der Waals surface area contributed by atoms with E-state index in [9.17, 15) is 13.2 Å². The molecule has 2 rings (SSSR count). The highest BCUT2D eigenvalue weighted by Crippen LogP contribution is 2.29. The number of hydrogen-bond acceptors (Lipinski definition) is 6. The predicted octanol–water partition coefficient (Wildman–Crippen LogP) is 1.70. The zero-order valence-corrected chi connectivity index (χ0v) is 10.1. The predicted molar refractivity (Wildman–Crippen MR) is 64.2 cm³/mol. The quantitative estimate of drug-likeness (QED) is 0.577. The first-order chi connectivity index (χ1) is 8.49. The Labute approximate surface area is 106 Å². The van der Waals surface area contributed by atoms with Crippen molar-refractivity contribution in [1.29, 1.82) is 0 Å². The van der Waals surface area contributed by atoms with Crippen LogP contribution in [0.3, 0.4) is 0 Å². The highest BCUT2D eigenvalue weighted by molar-refractivity contribution is 7.99. The van der Waals surface area contributed by atoms with Crippen LogP contribution in [0.1, 0.15) is 12.2 Å². The number of nitrogens with zero attached hydrogens (tertiary/aromatic N) is 2. The average molecular weight is 279 g/mol. The maximum atomic E-state index is 12.6. The Morgan fingerprint density at radius 3 is 2.61 bits per heavy atom. The van der Waals surface area contributed by atoms with Crippen molar-refractivity contribution in [3.8, 4) is 0 Å². The summed E-state index contributed by atoms with van der Waals surface area (Å²) in [6.07, 6.45) is -3.69. The second kappa shape index (κ2) is 5.19. The van der Waals surface area contributed by atoms with Crippen LogP contribution in [0.5, 0.6) is 0 Å². The normalized spacial score (nSPS) is 19.9. The number of nitrogens with one attached hydrogen (secondary N) is 2. The molecule has 5 nitrogen and oxygen atoms in total. The molecular formula is C9H12F3N5S. The van der Waals surface area contributed by atoms with E-state index in [2.05, 4.69) is 20.7 Å². The molecule has 1 saturated heterocycles. The van der Waals surface area contributed by atoms with Crippen LogP contribution in [0.2, 0.25) is 0 Å². The van der Waals surface area contributed by atoms with Crippen LogP contribution in [0.25, 0.3) is 0 Å². The second-order valence-electron chi connectivity index (χ2n) is 3.81. The number of anilines is 2. The summed E-state index contributed by atoms with van der Waals surface area (Å²) in [7, 11) is 0. The van der Waals surface area contributed by atoms with E-state index in [-0.39, 0.29) is 17.7 Å². The van der Waals surface area contributed by atoms with Crippen LogP contribution in [0.15, 0.2) is 6.07 Å². The first-order valence-corrected chi connectivity index (χ1v) is 6.41. The molecule has 4 N–H and O–H groups in total. The Balaban J connectivity index is 2.23. The summed E-state index contributed by atoms with van der Waals surface area (Å²) >= 11 is 1.75. The summed E-state index contributed by atoms with van der Waals surface area (Å²) in [6, 6.07) is 1.50. The molecule has 0 aromatic carbocycles. The van der Waals surface area contributed by atoms with Gasteiger partial charge in [0.2, 0.25) is 5.82 Å². The van der Waals surface area contributed by atoms with Crippen LogP contribution in [0.4, 0.5) is 24.8 Å². The van der Waals surface area contributed by atoms with Crippen molar-refractivity contribution >= 4 is 23.4 Å². The molecule has 9 heteroatoms. The number of rotatable bonds is 3. The fourth-order valence-corrected chi connectivity index (χ4v) is 2.73. The zero-order valence-electron chi connectivity index (χ0n) is 9.29. The van der Waals surface area contributed by atoms with Gasteiger partial charge in [-0.25, -0.2) is 15.8 Å². The van der Waals surface area contributed by atoms with Crippen molar-refractivity contribution in [2.45, 2.75) is 18.6 Å². The second-order valence-corrected chi connectivity index (χ2v) is 4.96. The molecule has 2 heterocycles. The van der Waals surface area contributed by atoms with Crippen molar-refractivity contribution in [2.75, 3.05) is 22.2 Å². The summed E-state index contributed by atoms with van der Waals surface area (Å²) in [6.45, 7) is 0. The number of halogens is 3. The Morgan fingerprint density at radius 1 is 1.33 bits per heavy atom. The molecule has 0 spiro atoms. The van der Waals surface area contributed by atoms with E-state index in [1.807, 2.05) is 0 Å². The maximum absolute atomic E-state index is 12.6. The van der Waals surface area contributed by atoms with Crippen LogP contribution in [-0.2, 0) is 6.18 Å². The third-order valence-corrected chi connectivity index (χ3v) is 3.57. The number of hydrazine groups is 1. The van der Waals surface area contributed by atoms with Crippen molar-refractivity contribution in [3.63, 3.8) is 0 Å². The number of nitrogens with two attached hydrogens (primary N) is 1. The van der Waals surface area contributed by atoms with Crippen molar-refractivity contribution in [1.82, 2.24) is 9.97 Å². The van der Waals surface area contributed by atoms with Crippen molar-refractivity contribution in [2.24, 2.45) is 5.84 Å². The highest BCUT2D eigenvalue weighted by atomic mass is 32.2. The number of aromatic nitrogens is 2. The molecular weight excluding hydrogens is 267 g/mol. The van der Waals surface area contributed by atoms with E-state index in [0.29, 0.717) is 0 Å². The molecule has 1 fully saturated rings. The van der Waals surface area contributed by atoms with Gasteiger partial charge < -0.3 is 10.7 Å². The fraction of sp³-hybridized carbons (Fsp3) is 0.556. The van der Waals surface area contributed by atoms with Crippen LogP contribution in [-0.4, -0.2) is 27.5 Å². The lowest BCUT2D eigenvalue weighted by Gasteiger charge is -2.14. The van der Waals surface area contributed by atoms with E-state index < -0.39 is 12.0 Å². The van der Waals surface area contributed by atoms with Crippen LogP contribution in [0, 0.1) is 0 Å². The highest BCUT2D eigenvalue weighted by Gasteiger charge is 2.35. The molecule has 0 saturated carbocycles. The number of thioether (sulfide) groups is 1. The summed E-state index contributed by atoms with van der Waals surface area (Å²) in [5.74, 6) is 5.82. The minimum absolute atomic E-state index is 0.0644. The number of hydrogen-bond donors (Lipinski definition) is 3. The van der Waals surface area contributed by atoms with Crippen molar-refractivity contribution in [3.05, 3.63) is 11.9 Å². The lowest BCUT2D eigenvalue weighted by Crippen LogP contribution is -2.22. The maximum Gasteiger partial charge on any atom is 0.451 e. The van der Waals surface area contributed by atoms with Gasteiger partial charge >= 0.3 is 6.18 Å². The van der Waals surface area contributed by atoms with E-state index in [0.717, 1.165) is 17.9 Å². The van der Waals surface area contributed by atoms with Gasteiger partial charge in [0.25, 0.3) is 0 Å². The standard InChI is InChI=1S/C9H12F3N5S/c10-9(11,12)8-15-6(3-7(16-8)17-13)14-5-1-2-18-4-5/h3,5H,1-2,4,13H2,(H2,14,15,16,17). The third-order valence-electron chi connectivity index (χ3n) is 2.41. The number of nitrogen functional groups attached to an aromatic ring is 1. The monoisotopic (exact) mass is 279 g/mol. The average Bonchev–Trinajstić information content (AvgIpc) is 2.80. The summed E-state index contributed by atoms with van der Waals surface area (Å²) in [5.41, 5.74) is 2.11. The van der Waals surface area contributed by atoms with Gasteiger partial charge in [-0.2, -0.15) is 24.9 Å². The first-order valence-electron chi connectivity index (χ1n) is 5.26. The minimum Gasteiger partial charge on any atom is -0.366 e. The molecule has 1 aromatic heterocycles. The van der Waals surface area contributed by atoms with Gasteiger partial charge in [-0.15, -0.1) is 0 Å². The molecule has 100 valence electrons. The van der Waals surface area contributed by atoms with E-state index in [1.54, 1.807) is 11.8 Å². The van der Waals surface area contributed by atoms with Gasteiger partial charge in [-0.3, -0.25) is 0 Å². The largest absolute Gasteiger partial charge is 0.451 e. The Bertz CT molecular complexity index is 419. The first kappa shape index (κ1) is 13.2. The third kappa shape index (κ3) is 3.16. The molecule has 1 aliphatic heterocycles. The van der Waals surface area contributed by atoms with E-state index in [4.69, 9.17) is 5.84 Å². The molecule has 1 unspecified atom stereocenters. The summed E-state index contributed by atoms with van der Waals surface area (Å²) in [5, 5.41) is 2.96. The fourth-order valence-electron chi connectivity index (χ4n) is 1.58. The molecule has 1 atom stereocenters. The van der Waals surface area contributed by atoms with Gasteiger partial charge in [-0.1, -0.05) is 0 Å². The molecule has 18 heavy (non-hydrogen) atoms. The molecule has 0 amide bonds. The Morgan fingerprint density at radius 2 is 2.06 bits per heavy atom. The minimum atomic E-state index is -4.59. The molecule has 0 bridgehead atoms. The Kier molecular flexibility index (Phi) is 3.81. The van der Waals surface area contributed by atoms with Gasteiger partial charge in [0.05, 0.1) is 0 Å². The SMILES string of the molecule is NNc1cc(NC2CCSC2)nc(C(F)(F)F)n1. The molecule has 0 aliphatic carbocycles. The molecule has 1 aromatic rings. The summed E-state index contributed by atoms with van der Waals surface area (Å²) < 4.78 is 37.7. The lowest BCUT2D eigenvalue weighted by molar-refractivity contribution is -0.144.